The zero-order chi connectivity index (χ0) is 13.7. The van der Waals surface area contributed by atoms with Crippen molar-refractivity contribution in [1.82, 2.24) is 10.1 Å². The molecule has 0 aliphatic heterocycles. The summed E-state index contributed by atoms with van der Waals surface area (Å²) in [7, 11) is 0. The third kappa shape index (κ3) is 3.32. The molecule has 0 atom stereocenters. The predicted molar refractivity (Wildman–Crippen MR) is 69.5 cm³/mol. The molecule has 2 aromatic rings. The van der Waals surface area contributed by atoms with Crippen LogP contribution in [0.15, 0.2) is 22.7 Å². The second-order valence-electron chi connectivity index (χ2n) is 3.91. The summed E-state index contributed by atoms with van der Waals surface area (Å²) in [6, 6.07) is 5.00. The maximum absolute atomic E-state index is 10.9. The summed E-state index contributed by atoms with van der Waals surface area (Å²) in [5, 5.41) is 4.17. The maximum Gasteiger partial charge on any atom is 0.264 e. The lowest BCUT2D eigenvalue weighted by atomic mass is 10.2. The first kappa shape index (κ1) is 13.5. The van der Waals surface area contributed by atoms with Gasteiger partial charge in [-0.3, -0.25) is 4.79 Å². The van der Waals surface area contributed by atoms with Crippen molar-refractivity contribution < 1.29 is 14.1 Å². The normalized spacial score (nSPS) is 10.4. The fraction of sp³-hybridized carbons (Fsp3) is 0.308. The molecule has 0 N–H and O–H groups in total. The van der Waals surface area contributed by atoms with E-state index in [2.05, 4.69) is 10.1 Å². The van der Waals surface area contributed by atoms with Crippen LogP contribution in [0.25, 0.3) is 0 Å². The van der Waals surface area contributed by atoms with Crippen molar-refractivity contribution in [3.05, 3.63) is 40.5 Å². The van der Waals surface area contributed by atoms with Gasteiger partial charge >= 0.3 is 0 Å². The number of ether oxygens (including phenoxy) is 1. The number of rotatable bonds is 6. The summed E-state index contributed by atoms with van der Waals surface area (Å²) < 4.78 is 10.5. The van der Waals surface area contributed by atoms with E-state index in [-0.39, 0.29) is 6.61 Å². The highest BCUT2D eigenvalue weighted by molar-refractivity contribution is 6.33. The lowest BCUT2D eigenvalue weighted by Crippen LogP contribution is -1.99. The number of aromatic nitrogens is 2. The van der Waals surface area contributed by atoms with Crippen LogP contribution in [0.1, 0.15) is 35.4 Å². The second-order valence-corrected chi connectivity index (χ2v) is 4.32. The standard InChI is InChI=1S/C13H13ClN2O3/c1-2-4-12-15-13(19-16-12)8-18-11-6-3-5-10(14)9(11)7-17/h3,5-7H,2,4,8H2,1H3. The van der Waals surface area contributed by atoms with Crippen LogP contribution in [0, 0.1) is 0 Å². The minimum Gasteiger partial charge on any atom is -0.483 e. The van der Waals surface area contributed by atoms with E-state index in [9.17, 15) is 4.79 Å². The van der Waals surface area contributed by atoms with Gasteiger partial charge in [0.15, 0.2) is 18.7 Å². The first-order valence-corrected chi connectivity index (χ1v) is 6.30. The molecule has 0 bridgehead atoms. The van der Waals surface area contributed by atoms with E-state index < -0.39 is 0 Å². The molecule has 0 fully saturated rings. The van der Waals surface area contributed by atoms with Crippen LogP contribution in [0.3, 0.4) is 0 Å². The number of carbonyl (C=O) groups excluding carboxylic acids is 1. The number of nitrogens with zero attached hydrogens (tertiary/aromatic N) is 2. The summed E-state index contributed by atoms with van der Waals surface area (Å²) >= 11 is 5.89. The number of aldehydes is 1. The third-order valence-electron chi connectivity index (χ3n) is 2.47. The van der Waals surface area contributed by atoms with Gasteiger partial charge < -0.3 is 9.26 Å². The first-order valence-electron chi connectivity index (χ1n) is 5.92. The van der Waals surface area contributed by atoms with Gasteiger partial charge in [-0.1, -0.05) is 29.7 Å². The Bertz CT molecular complexity index is 569. The number of aryl methyl sites for hydroxylation is 1. The van der Waals surface area contributed by atoms with Crippen molar-refractivity contribution in [2.45, 2.75) is 26.4 Å². The molecule has 0 spiro atoms. The average molecular weight is 281 g/mol. The van der Waals surface area contributed by atoms with Gasteiger partial charge in [0.2, 0.25) is 0 Å². The molecule has 0 amide bonds. The van der Waals surface area contributed by atoms with Crippen LogP contribution < -0.4 is 4.74 Å². The van der Waals surface area contributed by atoms with Crippen molar-refractivity contribution in [2.75, 3.05) is 0 Å². The van der Waals surface area contributed by atoms with Gasteiger partial charge in [0.25, 0.3) is 5.89 Å². The molecule has 0 saturated carbocycles. The van der Waals surface area contributed by atoms with Gasteiger partial charge in [-0.05, 0) is 18.6 Å². The van der Waals surface area contributed by atoms with Crippen molar-refractivity contribution in [3.8, 4) is 5.75 Å². The number of benzene rings is 1. The molecule has 0 aliphatic rings. The molecule has 0 unspecified atom stereocenters. The van der Waals surface area contributed by atoms with Crippen LogP contribution in [0.4, 0.5) is 0 Å². The fourth-order valence-electron chi connectivity index (χ4n) is 1.57. The lowest BCUT2D eigenvalue weighted by Gasteiger charge is -2.06. The quantitative estimate of drug-likeness (QED) is 0.761. The van der Waals surface area contributed by atoms with E-state index in [1.807, 2.05) is 6.92 Å². The molecule has 2 rings (SSSR count). The Morgan fingerprint density at radius 2 is 2.32 bits per heavy atom. The Hall–Kier alpha value is -1.88. The zero-order valence-electron chi connectivity index (χ0n) is 10.4. The molecule has 6 heteroatoms. The van der Waals surface area contributed by atoms with Crippen molar-refractivity contribution >= 4 is 17.9 Å². The minimum absolute atomic E-state index is 0.109. The molecule has 0 saturated heterocycles. The van der Waals surface area contributed by atoms with Crippen molar-refractivity contribution in [3.63, 3.8) is 0 Å². The number of hydrogen-bond donors (Lipinski definition) is 0. The highest BCUT2D eigenvalue weighted by Gasteiger charge is 2.10. The molecule has 19 heavy (non-hydrogen) atoms. The summed E-state index contributed by atoms with van der Waals surface area (Å²) in [5.74, 6) is 1.43. The Labute approximate surface area is 115 Å². The third-order valence-corrected chi connectivity index (χ3v) is 2.80. The SMILES string of the molecule is CCCc1noc(COc2cccc(Cl)c2C=O)n1. The topological polar surface area (TPSA) is 65.2 Å². The van der Waals surface area contributed by atoms with Gasteiger partial charge in [-0.2, -0.15) is 4.98 Å². The van der Waals surface area contributed by atoms with Crippen LogP contribution in [0.5, 0.6) is 5.75 Å². The molecule has 1 aromatic carbocycles. The number of hydrogen-bond acceptors (Lipinski definition) is 5. The second kappa shape index (κ2) is 6.33. The molecular formula is C13H13ClN2O3. The Kier molecular flexibility index (Phi) is 4.52. The molecule has 1 aromatic heterocycles. The molecule has 1 heterocycles. The summed E-state index contributed by atoms with van der Waals surface area (Å²) in [4.78, 5) is 15.1. The van der Waals surface area contributed by atoms with Gasteiger partial charge in [0.1, 0.15) is 5.75 Å². The largest absolute Gasteiger partial charge is 0.483 e. The van der Waals surface area contributed by atoms with E-state index in [4.69, 9.17) is 20.9 Å². The van der Waals surface area contributed by atoms with Gasteiger partial charge in [-0.15, -0.1) is 0 Å². The van der Waals surface area contributed by atoms with Crippen LogP contribution in [0.2, 0.25) is 5.02 Å². The summed E-state index contributed by atoms with van der Waals surface area (Å²) in [6.07, 6.45) is 2.37. The van der Waals surface area contributed by atoms with E-state index in [1.54, 1.807) is 18.2 Å². The summed E-state index contributed by atoms with van der Waals surface area (Å²) in [6.45, 7) is 2.15. The predicted octanol–water partition coefficient (Wildman–Crippen LogP) is 3.07. The van der Waals surface area contributed by atoms with Crippen molar-refractivity contribution in [1.29, 1.82) is 0 Å². The molecule has 100 valence electrons. The van der Waals surface area contributed by atoms with E-state index in [0.717, 1.165) is 12.8 Å². The van der Waals surface area contributed by atoms with Crippen LogP contribution in [-0.4, -0.2) is 16.4 Å². The zero-order valence-corrected chi connectivity index (χ0v) is 11.2. The van der Waals surface area contributed by atoms with Crippen LogP contribution >= 0.6 is 11.6 Å². The van der Waals surface area contributed by atoms with E-state index in [0.29, 0.717) is 34.3 Å². The molecular weight excluding hydrogens is 268 g/mol. The summed E-state index contributed by atoms with van der Waals surface area (Å²) in [5.41, 5.74) is 0.317. The van der Waals surface area contributed by atoms with Gasteiger partial charge in [-0.25, -0.2) is 0 Å². The molecule has 0 radical (unpaired) electrons. The van der Waals surface area contributed by atoms with Crippen molar-refractivity contribution in [2.24, 2.45) is 0 Å². The first-order chi connectivity index (χ1) is 9.24. The van der Waals surface area contributed by atoms with E-state index >= 15 is 0 Å². The Balaban J connectivity index is 2.05. The maximum atomic E-state index is 10.9. The Morgan fingerprint density at radius 3 is 3.05 bits per heavy atom. The minimum atomic E-state index is 0.109. The molecule has 5 nitrogen and oxygen atoms in total. The van der Waals surface area contributed by atoms with E-state index in [1.165, 1.54) is 0 Å². The van der Waals surface area contributed by atoms with Crippen LogP contribution in [-0.2, 0) is 13.0 Å². The van der Waals surface area contributed by atoms with Gasteiger partial charge in [0, 0.05) is 6.42 Å². The smallest absolute Gasteiger partial charge is 0.264 e. The highest BCUT2D eigenvalue weighted by Crippen LogP contribution is 2.25. The molecule has 0 aliphatic carbocycles. The number of halogens is 1. The lowest BCUT2D eigenvalue weighted by molar-refractivity contribution is 0.111. The monoisotopic (exact) mass is 280 g/mol. The van der Waals surface area contributed by atoms with Gasteiger partial charge in [0.05, 0.1) is 10.6 Å². The highest BCUT2D eigenvalue weighted by atomic mass is 35.5. The average Bonchev–Trinajstić information content (AvgIpc) is 2.84. The Morgan fingerprint density at radius 1 is 1.47 bits per heavy atom. The number of carbonyl (C=O) groups is 1. The fourth-order valence-corrected chi connectivity index (χ4v) is 1.78.